The molecule has 1 atom stereocenters. The minimum absolute atomic E-state index is 0.220. The Labute approximate surface area is 158 Å². The molecule has 1 aliphatic heterocycles. The van der Waals surface area contributed by atoms with Crippen molar-refractivity contribution in [2.75, 3.05) is 19.5 Å². The molecular weight excluding hydrogens is 344 g/mol. The van der Waals surface area contributed by atoms with Crippen molar-refractivity contribution in [3.05, 3.63) is 59.7 Å². The second kappa shape index (κ2) is 7.15. The van der Waals surface area contributed by atoms with Gasteiger partial charge in [0.25, 0.3) is 5.91 Å². The van der Waals surface area contributed by atoms with Crippen LogP contribution in [0, 0.1) is 6.92 Å². The van der Waals surface area contributed by atoms with Crippen molar-refractivity contribution in [3.8, 4) is 11.5 Å². The van der Waals surface area contributed by atoms with Crippen molar-refractivity contribution in [2.45, 2.75) is 19.9 Å². The van der Waals surface area contributed by atoms with Crippen molar-refractivity contribution in [3.63, 3.8) is 0 Å². The van der Waals surface area contributed by atoms with Crippen molar-refractivity contribution in [1.82, 2.24) is 4.90 Å². The third kappa shape index (κ3) is 3.14. The number of hydrogen-bond donors (Lipinski definition) is 1. The van der Waals surface area contributed by atoms with Gasteiger partial charge in [0.15, 0.2) is 11.5 Å². The normalized spacial score (nSPS) is 14.0. The molecule has 0 bridgehead atoms. The molecule has 2 aromatic rings. The van der Waals surface area contributed by atoms with Gasteiger partial charge in [-0.05, 0) is 31.5 Å². The fraction of sp³-hybridized carbons (Fsp3) is 0.238. The summed E-state index contributed by atoms with van der Waals surface area (Å²) < 4.78 is 10.6. The number of nitrogens with zero attached hydrogens (tertiary/aromatic N) is 1. The van der Waals surface area contributed by atoms with Crippen LogP contribution in [0.25, 0.3) is 5.70 Å². The van der Waals surface area contributed by atoms with Crippen LogP contribution in [0.15, 0.2) is 43.0 Å². The first-order valence-electron chi connectivity index (χ1n) is 8.54. The highest BCUT2D eigenvalue weighted by atomic mass is 16.5. The number of anilines is 1. The minimum atomic E-state index is -0.718. The van der Waals surface area contributed by atoms with Gasteiger partial charge in [0.05, 0.1) is 14.2 Å². The van der Waals surface area contributed by atoms with Crippen molar-refractivity contribution >= 4 is 23.2 Å². The van der Waals surface area contributed by atoms with Crippen LogP contribution in [0.1, 0.15) is 28.4 Å². The van der Waals surface area contributed by atoms with Gasteiger partial charge in [0.2, 0.25) is 5.91 Å². The third-order valence-electron chi connectivity index (χ3n) is 4.73. The van der Waals surface area contributed by atoms with Crippen LogP contribution < -0.4 is 14.8 Å². The smallest absolute Gasteiger partial charge is 0.259 e. The van der Waals surface area contributed by atoms with E-state index in [1.165, 1.54) is 12.0 Å². The van der Waals surface area contributed by atoms with Crippen LogP contribution in [0.2, 0.25) is 0 Å². The summed E-state index contributed by atoms with van der Waals surface area (Å²) in [7, 11) is 3.09. The zero-order valence-corrected chi connectivity index (χ0v) is 15.8. The van der Waals surface area contributed by atoms with Gasteiger partial charge >= 0.3 is 0 Å². The third-order valence-corrected chi connectivity index (χ3v) is 4.73. The standard InChI is InChI=1S/C21H22N2O4/c1-12-10-18(26-4)19(27-5)11-17(12)22-20(24)14(3)23-13(2)15-8-6-7-9-16(15)21(23)25/h6-11,14H,2H2,1,3-5H3,(H,22,24). The molecule has 1 N–H and O–H groups in total. The molecule has 0 radical (unpaired) electrons. The molecule has 2 aromatic carbocycles. The Morgan fingerprint density at radius 3 is 2.30 bits per heavy atom. The summed E-state index contributed by atoms with van der Waals surface area (Å²) in [6.45, 7) is 7.53. The Hall–Kier alpha value is -3.28. The molecule has 0 saturated carbocycles. The van der Waals surface area contributed by atoms with Gasteiger partial charge in [-0.1, -0.05) is 24.8 Å². The van der Waals surface area contributed by atoms with Gasteiger partial charge in [-0.25, -0.2) is 0 Å². The Balaban J connectivity index is 1.84. The first-order valence-corrected chi connectivity index (χ1v) is 8.54. The van der Waals surface area contributed by atoms with Crippen molar-refractivity contribution in [1.29, 1.82) is 0 Å². The van der Waals surface area contributed by atoms with E-state index in [0.29, 0.717) is 28.4 Å². The molecule has 1 heterocycles. The monoisotopic (exact) mass is 366 g/mol. The first kappa shape index (κ1) is 18.5. The molecule has 0 fully saturated rings. The van der Waals surface area contributed by atoms with Crippen molar-refractivity contribution < 1.29 is 19.1 Å². The van der Waals surface area contributed by atoms with Crippen LogP contribution in [0.3, 0.4) is 0 Å². The van der Waals surface area contributed by atoms with E-state index in [1.807, 2.05) is 19.1 Å². The molecule has 27 heavy (non-hydrogen) atoms. The Bertz CT molecular complexity index is 901. The molecule has 3 rings (SSSR count). The molecule has 6 heteroatoms. The highest BCUT2D eigenvalue weighted by Crippen LogP contribution is 2.35. The number of fused-ring (bicyclic) bond motifs is 1. The van der Waals surface area contributed by atoms with E-state index >= 15 is 0 Å². The topological polar surface area (TPSA) is 67.9 Å². The maximum atomic E-state index is 12.8. The molecule has 0 saturated heterocycles. The Kier molecular flexibility index (Phi) is 4.90. The molecule has 1 aliphatic rings. The SMILES string of the molecule is C=C1c2ccccc2C(=O)N1C(C)C(=O)Nc1cc(OC)c(OC)cc1C. The van der Waals surface area contributed by atoms with Gasteiger partial charge in [-0.15, -0.1) is 0 Å². The summed E-state index contributed by atoms with van der Waals surface area (Å²) in [5, 5.41) is 2.87. The van der Waals surface area contributed by atoms with Gasteiger partial charge in [-0.3, -0.25) is 14.5 Å². The van der Waals surface area contributed by atoms with Crippen molar-refractivity contribution in [2.24, 2.45) is 0 Å². The largest absolute Gasteiger partial charge is 0.493 e. The number of aryl methyl sites for hydroxylation is 1. The highest BCUT2D eigenvalue weighted by Gasteiger charge is 2.36. The van der Waals surface area contributed by atoms with Crippen LogP contribution in [-0.4, -0.2) is 37.0 Å². The number of rotatable bonds is 5. The number of amides is 2. The number of carbonyl (C=O) groups is 2. The number of methoxy groups -OCH3 is 2. The maximum absolute atomic E-state index is 12.8. The number of carbonyl (C=O) groups excluding carboxylic acids is 2. The van der Waals surface area contributed by atoms with E-state index in [2.05, 4.69) is 11.9 Å². The van der Waals surface area contributed by atoms with E-state index in [9.17, 15) is 9.59 Å². The van der Waals surface area contributed by atoms with Gasteiger partial charge in [0, 0.05) is 28.6 Å². The second-order valence-corrected chi connectivity index (χ2v) is 6.35. The Morgan fingerprint density at radius 2 is 1.70 bits per heavy atom. The average molecular weight is 366 g/mol. The quantitative estimate of drug-likeness (QED) is 0.880. The first-order chi connectivity index (χ1) is 12.9. The predicted molar refractivity (Wildman–Crippen MR) is 104 cm³/mol. The molecule has 2 amide bonds. The molecule has 0 aromatic heterocycles. The fourth-order valence-electron chi connectivity index (χ4n) is 3.18. The van der Waals surface area contributed by atoms with Gasteiger partial charge in [-0.2, -0.15) is 0 Å². The maximum Gasteiger partial charge on any atom is 0.259 e. The van der Waals surface area contributed by atoms with E-state index in [-0.39, 0.29) is 11.8 Å². The lowest BCUT2D eigenvalue weighted by molar-refractivity contribution is -0.119. The van der Waals surface area contributed by atoms with Crippen LogP contribution >= 0.6 is 0 Å². The van der Waals surface area contributed by atoms with E-state index < -0.39 is 6.04 Å². The minimum Gasteiger partial charge on any atom is -0.493 e. The molecule has 6 nitrogen and oxygen atoms in total. The molecule has 0 aliphatic carbocycles. The summed E-state index contributed by atoms with van der Waals surface area (Å²) in [5.41, 5.74) is 3.26. The summed E-state index contributed by atoms with van der Waals surface area (Å²) in [4.78, 5) is 27.0. The predicted octanol–water partition coefficient (Wildman–Crippen LogP) is 3.47. The number of ether oxygens (including phenoxy) is 2. The summed E-state index contributed by atoms with van der Waals surface area (Å²) >= 11 is 0. The fourth-order valence-corrected chi connectivity index (χ4v) is 3.18. The van der Waals surface area contributed by atoms with Crippen LogP contribution in [-0.2, 0) is 4.79 Å². The van der Waals surface area contributed by atoms with E-state index in [0.717, 1.165) is 11.1 Å². The zero-order valence-electron chi connectivity index (χ0n) is 15.8. The molecule has 1 unspecified atom stereocenters. The number of nitrogens with one attached hydrogen (secondary N) is 1. The number of benzene rings is 2. The van der Waals surface area contributed by atoms with Crippen LogP contribution in [0.5, 0.6) is 11.5 Å². The zero-order chi connectivity index (χ0) is 19.7. The number of hydrogen-bond acceptors (Lipinski definition) is 4. The lowest BCUT2D eigenvalue weighted by Crippen LogP contribution is -2.41. The lowest BCUT2D eigenvalue weighted by atomic mass is 10.1. The Morgan fingerprint density at radius 1 is 1.11 bits per heavy atom. The van der Waals surface area contributed by atoms with E-state index in [1.54, 1.807) is 38.3 Å². The highest BCUT2D eigenvalue weighted by molar-refractivity contribution is 6.12. The summed E-state index contributed by atoms with van der Waals surface area (Å²) in [6, 6.07) is 9.99. The molecule has 0 spiro atoms. The average Bonchev–Trinajstić information content (AvgIpc) is 2.93. The molecular formula is C21H22N2O4. The van der Waals surface area contributed by atoms with Gasteiger partial charge < -0.3 is 14.8 Å². The molecule has 140 valence electrons. The van der Waals surface area contributed by atoms with Crippen LogP contribution in [0.4, 0.5) is 5.69 Å². The summed E-state index contributed by atoms with van der Waals surface area (Å²) in [5.74, 6) is 0.564. The van der Waals surface area contributed by atoms with Gasteiger partial charge in [0.1, 0.15) is 6.04 Å². The summed E-state index contributed by atoms with van der Waals surface area (Å²) in [6.07, 6.45) is 0. The second-order valence-electron chi connectivity index (χ2n) is 6.35. The van der Waals surface area contributed by atoms with E-state index in [4.69, 9.17) is 9.47 Å². The lowest BCUT2D eigenvalue weighted by Gasteiger charge is -2.25.